The quantitative estimate of drug-likeness (QED) is 0.0597. The minimum atomic E-state index is -4.94. The fourth-order valence-electron chi connectivity index (χ4n) is 4.36. The lowest BCUT2D eigenvalue weighted by Gasteiger charge is -2.11. The van der Waals surface area contributed by atoms with Crippen molar-refractivity contribution in [1.29, 1.82) is 0 Å². The van der Waals surface area contributed by atoms with E-state index in [-0.39, 0.29) is 40.3 Å². The Bertz CT molecular complexity index is 2900. The monoisotopic (exact) mass is 865 g/mol. The van der Waals surface area contributed by atoms with Gasteiger partial charge in [-0.05, 0) is 78.9 Å². The van der Waals surface area contributed by atoms with Crippen molar-refractivity contribution < 1.29 is 56.7 Å². The van der Waals surface area contributed by atoms with Crippen molar-refractivity contribution in [2.24, 2.45) is 26.2 Å². The fraction of sp³-hybridized carbons (Fsp3) is 0. The molecule has 5 aromatic rings. The summed E-state index contributed by atoms with van der Waals surface area (Å²) in [5, 5.41) is 23.0. The summed E-state index contributed by atoms with van der Waals surface area (Å²) in [7, 11) is -19.6. The van der Waals surface area contributed by atoms with Gasteiger partial charge in [-0.1, -0.05) is 0 Å². The van der Waals surface area contributed by atoms with Crippen LogP contribution in [0.2, 0.25) is 0 Å². The summed E-state index contributed by atoms with van der Waals surface area (Å²) in [6, 6.07) is 12.7. The topological polar surface area (TPSA) is 405 Å². The molecule has 5 rings (SSSR count). The first kappa shape index (κ1) is 41.6. The first-order valence-corrected chi connectivity index (χ1v) is 20.5. The Hall–Kier alpha value is -6.60. The van der Waals surface area contributed by atoms with E-state index in [0.717, 1.165) is 24.3 Å². The van der Waals surface area contributed by atoms with Crippen molar-refractivity contribution in [1.82, 2.24) is 15.0 Å². The van der Waals surface area contributed by atoms with Crippen LogP contribution in [0.3, 0.4) is 0 Å². The number of aromatic amines is 1. The highest BCUT2D eigenvalue weighted by Crippen LogP contribution is 2.33. The predicted molar refractivity (Wildman–Crippen MR) is 196 cm³/mol. The number of primary amides is 1. The highest BCUT2D eigenvalue weighted by Gasteiger charge is 2.20. The van der Waals surface area contributed by atoms with Gasteiger partial charge in [-0.3, -0.25) is 23.2 Å². The molecule has 0 radical (unpaired) electrons. The van der Waals surface area contributed by atoms with E-state index in [2.05, 4.69) is 51.4 Å². The van der Waals surface area contributed by atoms with Gasteiger partial charge in [-0.15, -0.1) is 5.11 Å². The van der Waals surface area contributed by atoms with Gasteiger partial charge < -0.3 is 21.7 Å². The lowest BCUT2D eigenvalue weighted by molar-refractivity contribution is 0.259. The Labute approximate surface area is 319 Å². The number of hydrogen-bond donors (Lipinski definition) is 9. The minimum absolute atomic E-state index is 0.103. The van der Waals surface area contributed by atoms with Crippen molar-refractivity contribution in [3.63, 3.8) is 0 Å². The molecule has 29 heteroatoms. The SMILES string of the molecule is NC(=O)Nc1cc(Nc2nc(Nc3ccc(N=Nc4cc(S(=O)(=O)O)cc(S(=O)(=O)O)c4)cc3)nc(=O)[nH]2)ccc1N=Nc1cc(S(=O)(=O)O)cc(S(=O)(=O)O)c1. The fourth-order valence-corrected chi connectivity index (χ4v) is 6.69. The molecule has 0 unspecified atom stereocenters. The molecule has 0 saturated carbocycles. The Morgan fingerprint density at radius 3 is 1.51 bits per heavy atom. The zero-order valence-electron chi connectivity index (χ0n) is 27.8. The number of H-pyrrole nitrogens is 1. The smallest absolute Gasteiger partial charge is 0.351 e. The van der Waals surface area contributed by atoms with Crippen LogP contribution in [0.1, 0.15) is 0 Å². The van der Waals surface area contributed by atoms with E-state index in [4.69, 9.17) is 5.73 Å². The molecule has 298 valence electrons. The molecule has 0 aliphatic rings. The normalized spacial score (nSPS) is 12.5. The van der Waals surface area contributed by atoms with E-state index in [1.54, 1.807) is 0 Å². The van der Waals surface area contributed by atoms with E-state index in [9.17, 15) is 61.5 Å². The Kier molecular flexibility index (Phi) is 11.6. The van der Waals surface area contributed by atoms with Crippen molar-refractivity contribution in [2.75, 3.05) is 16.0 Å². The average molecular weight is 866 g/mol. The molecule has 10 N–H and O–H groups in total. The molecule has 0 atom stereocenters. The third-order valence-electron chi connectivity index (χ3n) is 6.77. The standard InChI is InChI=1S/C28H23N11O14S4/c29-25(40)32-24-11-16(5-6-23(24)39-38-18-9-21(56(48,49)50)13-22(10-18)57(51,52)53)31-27-33-26(34-28(41)35-27)30-14-1-3-15(4-2-14)36-37-17-7-19(54(42,43)44)12-20(8-17)55(45,46)47/h1-13H,(H3,29,32,40)(H,42,43,44)(H,45,46,47)(H,48,49,50)(H,51,52,53)(H3,30,31,33,34,35,41). The summed E-state index contributed by atoms with van der Waals surface area (Å²) in [5.74, 6) is -0.383. The van der Waals surface area contributed by atoms with E-state index in [0.29, 0.717) is 17.8 Å². The summed E-state index contributed by atoms with van der Waals surface area (Å²) in [4.78, 5) is 30.8. The van der Waals surface area contributed by atoms with Crippen LogP contribution in [0.25, 0.3) is 0 Å². The number of azo groups is 2. The number of carbonyl (C=O) groups is 1. The molecule has 0 spiro atoms. The number of nitrogens with one attached hydrogen (secondary N) is 4. The van der Waals surface area contributed by atoms with Crippen LogP contribution in [-0.4, -0.2) is 72.9 Å². The van der Waals surface area contributed by atoms with Gasteiger partial charge in [0.1, 0.15) is 5.69 Å². The predicted octanol–water partition coefficient (Wildman–Crippen LogP) is 3.96. The minimum Gasteiger partial charge on any atom is -0.351 e. The van der Waals surface area contributed by atoms with Crippen molar-refractivity contribution >= 4 is 98.2 Å². The molecule has 0 aliphatic heterocycles. The maximum atomic E-state index is 12.4. The van der Waals surface area contributed by atoms with Crippen LogP contribution in [0, 0.1) is 0 Å². The molecule has 1 heterocycles. The summed E-state index contributed by atoms with van der Waals surface area (Å²) in [5.41, 5.74) is 4.06. The number of hydrogen-bond acceptors (Lipinski definition) is 18. The van der Waals surface area contributed by atoms with Gasteiger partial charge in [0.05, 0.1) is 42.3 Å². The summed E-state index contributed by atoms with van der Waals surface area (Å²) >= 11 is 0. The van der Waals surface area contributed by atoms with E-state index in [1.807, 2.05) is 0 Å². The number of rotatable bonds is 13. The third kappa shape index (κ3) is 11.5. The molecular formula is C28H23N11O14S4. The second-order valence-corrected chi connectivity index (χ2v) is 16.7. The molecule has 4 aromatic carbocycles. The molecular weight excluding hydrogens is 843 g/mol. The van der Waals surface area contributed by atoms with E-state index >= 15 is 0 Å². The first-order chi connectivity index (χ1) is 26.4. The Morgan fingerprint density at radius 2 is 1.04 bits per heavy atom. The van der Waals surface area contributed by atoms with E-state index in [1.165, 1.54) is 42.5 Å². The van der Waals surface area contributed by atoms with E-state index < -0.39 is 77.5 Å². The maximum absolute atomic E-state index is 12.4. The summed E-state index contributed by atoms with van der Waals surface area (Å²) in [6.45, 7) is 0. The van der Waals surface area contributed by atoms with Crippen molar-refractivity contribution in [3.8, 4) is 0 Å². The van der Waals surface area contributed by atoms with Crippen molar-refractivity contribution in [3.05, 3.63) is 89.3 Å². The number of urea groups is 1. The number of benzene rings is 4. The third-order valence-corrected chi connectivity index (χ3v) is 10.1. The molecule has 0 fully saturated rings. The molecule has 0 saturated heterocycles. The van der Waals surface area contributed by atoms with Crippen LogP contribution in [-0.2, 0) is 40.5 Å². The lowest BCUT2D eigenvalue weighted by atomic mass is 10.2. The zero-order chi connectivity index (χ0) is 41.9. The number of amides is 2. The second-order valence-electron chi connectivity index (χ2n) is 11.0. The van der Waals surface area contributed by atoms with Crippen LogP contribution in [0.4, 0.5) is 56.5 Å². The first-order valence-electron chi connectivity index (χ1n) is 14.8. The molecule has 1 aromatic heterocycles. The molecule has 25 nitrogen and oxygen atoms in total. The molecule has 2 amide bonds. The zero-order valence-corrected chi connectivity index (χ0v) is 31.0. The maximum Gasteiger partial charge on any atom is 0.351 e. The number of aromatic nitrogens is 3. The largest absolute Gasteiger partial charge is 0.351 e. The average Bonchev–Trinajstić information content (AvgIpc) is 3.09. The lowest BCUT2D eigenvalue weighted by Crippen LogP contribution is -2.19. The van der Waals surface area contributed by atoms with Gasteiger partial charge in [-0.25, -0.2) is 9.59 Å². The van der Waals surface area contributed by atoms with Gasteiger partial charge in [-0.2, -0.15) is 59.0 Å². The Morgan fingerprint density at radius 1 is 0.579 bits per heavy atom. The van der Waals surface area contributed by atoms with Crippen LogP contribution < -0.4 is 27.4 Å². The number of nitrogens with two attached hydrogens (primary N) is 1. The van der Waals surface area contributed by atoms with Crippen LogP contribution >= 0.6 is 0 Å². The van der Waals surface area contributed by atoms with Crippen LogP contribution in [0.5, 0.6) is 0 Å². The van der Waals surface area contributed by atoms with Crippen molar-refractivity contribution in [2.45, 2.75) is 19.6 Å². The number of carbonyl (C=O) groups excluding carboxylic acids is 1. The highest BCUT2D eigenvalue weighted by molar-refractivity contribution is 7.87. The molecule has 0 bridgehead atoms. The summed E-state index contributed by atoms with van der Waals surface area (Å²) < 4.78 is 130. The van der Waals surface area contributed by atoms with Gasteiger partial charge in [0, 0.05) is 11.4 Å². The second kappa shape index (κ2) is 15.9. The summed E-state index contributed by atoms with van der Waals surface area (Å²) in [6.07, 6.45) is 0. The highest BCUT2D eigenvalue weighted by atomic mass is 32.2. The number of anilines is 5. The van der Waals surface area contributed by atoms with Gasteiger partial charge in [0.2, 0.25) is 11.9 Å². The van der Waals surface area contributed by atoms with Gasteiger partial charge in [0.15, 0.2) is 0 Å². The molecule has 57 heavy (non-hydrogen) atoms. The van der Waals surface area contributed by atoms with Crippen LogP contribution in [0.15, 0.2) is 124 Å². The van der Waals surface area contributed by atoms with Gasteiger partial charge >= 0.3 is 11.7 Å². The van der Waals surface area contributed by atoms with Gasteiger partial charge in [0.25, 0.3) is 40.5 Å². The number of nitrogens with zero attached hydrogens (tertiary/aromatic N) is 6. The Balaban J connectivity index is 1.35. The molecule has 0 aliphatic carbocycles.